The second-order valence-corrected chi connectivity index (χ2v) is 6.58. The fraction of sp³-hybridized carbons (Fsp3) is 0.800. The Morgan fingerprint density at radius 3 is 2.93 bits per heavy atom. The average Bonchev–Trinajstić information content (AvgIpc) is 2.58. The van der Waals surface area contributed by atoms with Gasteiger partial charge in [-0.05, 0) is 43.6 Å². The Labute approximate surface area is 99.0 Å². The highest BCUT2D eigenvalue weighted by Crippen LogP contribution is 2.36. The number of nitrogens with zero attached hydrogens (tertiary/aromatic N) is 2. The van der Waals surface area contributed by atoms with E-state index in [1.807, 2.05) is 18.7 Å². The van der Waals surface area contributed by atoms with Gasteiger partial charge < -0.3 is 5.73 Å². The van der Waals surface area contributed by atoms with Crippen molar-refractivity contribution >= 4 is 23.3 Å². The van der Waals surface area contributed by atoms with E-state index in [0.29, 0.717) is 11.3 Å². The van der Waals surface area contributed by atoms with Crippen molar-refractivity contribution in [2.45, 2.75) is 48.7 Å². The predicted octanol–water partition coefficient (Wildman–Crippen LogP) is 2.45. The Hall–Kier alpha value is -0.130. The molecule has 15 heavy (non-hydrogen) atoms. The van der Waals surface area contributed by atoms with Gasteiger partial charge in [0.15, 0.2) is 4.34 Å². The molecule has 3 unspecified atom stereocenters. The molecule has 0 saturated heterocycles. The van der Waals surface area contributed by atoms with Crippen molar-refractivity contribution < 1.29 is 0 Å². The van der Waals surface area contributed by atoms with Gasteiger partial charge in [0.2, 0.25) is 0 Å². The Bertz CT molecular complexity index is 326. The van der Waals surface area contributed by atoms with E-state index in [2.05, 4.69) is 16.3 Å². The van der Waals surface area contributed by atoms with Gasteiger partial charge in [-0.1, -0.05) is 18.7 Å². The summed E-state index contributed by atoms with van der Waals surface area (Å²) in [5.41, 5.74) is 6.13. The molecule has 3 atom stereocenters. The second-order valence-electron chi connectivity index (χ2n) is 4.35. The van der Waals surface area contributed by atoms with Crippen LogP contribution in [0.5, 0.6) is 0 Å². The number of thioether (sulfide) groups is 1. The first-order valence-electron chi connectivity index (χ1n) is 5.37. The Balaban J connectivity index is 1.98. The summed E-state index contributed by atoms with van der Waals surface area (Å²) in [5, 5.41) is 0.529. The van der Waals surface area contributed by atoms with E-state index in [9.17, 15) is 0 Å². The highest BCUT2D eigenvalue weighted by atomic mass is 32.2. The van der Waals surface area contributed by atoms with Crippen molar-refractivity contribution in [3.63, 3.8) is 0 Å². The van der Waals surface area contributed by atoms with E-state index in [1.165, 1.54) is 24.4 Å². The third-order valence-electron chi connectivity index (χ3n) is 2.87. The lowest BCUT2D eigenvalue weighted by atomic mass is 9.87. The minimum atomic E-state index is 0.329. The van der Waals surface area contributed by atoms with Crippen molar-refractivity contribution in [2.24, 2.45) is 11.7 Å². The van der Waals surface area contributed by atoms with Crippen LogP contribution in [0.25, 0.3) is 0 Å². The lowest BCUT2D eigenvalue weighted by Crippen LogP contribution is -2.37. The normalized spacial score (nSPS) is 31.8. The maximum absolute atomic E-state index is 6.13. The summed E-state index contributed by atoms with van der Waals surface area (Å²) in [6.45, 7) is 4.24. The molecule has 1 aromatic rings. The summed E-state index contributed by atoms with van der Waals surface area (Å²) in [5.74, 6) is 1.68. The molecule has 84 valence electrons. The molecule has 0 aliphatic heterocycles. The van der Waals surface area contributed by atoms with Gasteiger partial charge in [0, 0.05) is 11.3 Å². The highest BCUT2D eigenvalue weighted by Gasteiger charge is 2.27. The average molecular weight is 243 g/mol. The van der Waals surface area contributed by atoms with Crippen LogP contribution < -0.4 is 5.73 Å². The summed E-state index contributed by atoms with van der Waals surface area (Å²) in [6.07, 6.45) is 3.63. The second kappa shape index (κ2) is 4.80. The smallest absolute Gasteiger partial charge is 0.170 e. The van der Waals surface area contributed by atoms with Gasteiger partial charge >= 0.3 is 0 Å². The van der Waals surface area contributed by atoms with Crippen LogP contribution in [0.4, 0.5) is 0 Å². The number of aryl methyl sites for hydroxylation is 1. The molecule has 1 aromatic heterocycles. The predicted molar refractivity (Wildman–Crippen MR) is 65.3 cm³/mol. The summed E-state index contributed by atoms with van der Waals surface area (Å²) in [7, 11) is 0. The van der Waals surface area contributed by atoms with Crippen LogP contribution in [0.15, 0.2) is 4.34 Å². The molecule has 0 spiro atoms. The number of nitrogens with two attached hydrogens (primary N) is 1. The number of rotatable bonds is 2. The van der Waals surface area contributed by atoms with E-state index >= 15 is 0 Å². The molecule has 3 nitrogen and oxygen atoms in total. The Kier molecular flexibility index (Phi) is 3.64. The monoisotopic (exact) mass is 243 g/mol. The quantitative estimate of drug-likeness (QED) is 0.867. The van der Waals surface area contributed by atoms with Gasteiger partial charge in [0.05, 0.1) is 0 Å². The molecular formula is C10H17N3S2. The first kappa shape index (κ1) is 11.4. The molecule has 0 amide bonds. The molecule has 1 fully saturated rings. The number of hydrogen-bond acceptors (Lipinski definition) is 5. The maximum Gasteiger partial charge on any atom is 0.170 e. The Morgan fingerprint density at radius 1 is 1.47 bits per heavy atom. The fourth-order valence-electron chi connectivity index (χ4n) is 1.94. The van der Waals surface area contributed by atoms with Crippen LogP contribution in [-0.2, 0) is 0 Å². The molecule has 1 aliphatic carbocycles. The largest absolute Gasteiger partial charge is 0.327 e. The van der Waals surface area contributed by atoms with Gasteiger partial charge in [0.25, 0.3) is 0 Å². The molecule has 1 saturated carbocycles. The van der Waals surface area contributed by atoms with Gasteiger partial charge in [-0.3, -0.25) is 0 Å². The molecule has 0 aromatic carbocycles. The van der Waals surface area contributed by atoms with Crippen LogP contribution in [0.3, 0.4) is 0 Å². The molecule has 1 heterocycles. The van der Waals surface area contributed by atoms with Crippen molar-refractivity contribution in [1.82, 2.24) is 9.36 Å². The standard InChI is InChI=1S/C10H17N3S2/c1-6-3-4-8(11)9(5-6)14-10-12-7(2)13-15-10/h6,8-9H,3-5,11H2,1-2H3. The van der Waals surface area contributed by atoms with E-state index in [4.69, 9.17) is 5.73 Å². The lowest BCUT2D eigenvalue weighted by Gasteiger charge is -2.31. The number of aromatic nitrogens is 2. The SMILES string of the molecule is Cc1nsc(SC2CC(C)CCC2N)n1. The van der Waals surface area contributed by atoms with Crippen LogP contribution in [0.2, 0.25) is 0 Å². The lowest BCUT2D eigenvalue weighted by molar-refractivity contribution is 0.357. The van der Waals surface area contributed by atoms with Gasteiger partial charge in [0.1, 0.15) is 5.82 Å². The van der Waals surface area contributed by atoms with Crippen LogP contribution in [0.1, 0.15) is 32.0 Å². The van der Waals surface area contributed by atoms with Crippen molar-refractivity contribution in [2.75, 3.05) is 0 Å². The summed E-state index contributed by atoms with van der Waals surface area (Å²) in [6, 6.07) is 0.329. The van der Waals surface area contributed by atoms with E-state index in [1.54, 1.807) is 0 Å². The maximum atomic E-state index is 6.13. The van der Waals surface area contributed by atoms with Crippen molar-refractivity contribution in [1.29, 1.82) is 0 Å². The summed E-state index contributed by atoms with van der Waals surface area (Å²) >= 11 is 3.31. The van der Waals surface area contributed by atoms with Crippen LogP contribution >= 0.6 is 23.3 Å². The van der Waals surface area contributed by atoms with E-state index in [-0.39, 0.29) is 0 Å². The van der Waals surface area contributed by atoms with Gasteiger partial charge in [-0.25, -0.2) is 4.98 Å². The summed E-state index contributed by atoms with van der Waals surface area (Å²) < 4.78 is 5.27. The molecule has 1 aliphatic rings. The van der Waals surface area contributed by atoms with Crippen LogP contribution in [-0.4, -0.2) is 20.6 Å². The zero-order valence-electron chi connectivity index (χ0n) is 9.14. The number of hydrogen-bond donors (Lipinski definition) is 1. The molecule has 2 N–H and O–H groups in total. The van der Waals surface area contributed by atoms with Gasteiger partial charge in [-0.2, -0.15) is 4.37 Å². The minimum Gasteiger partial charge on any atom is -0.327 e. The van der Waals surface area contributed by atoms with Gasteiger partial charge in [-0.15, -0.1) is 0 Å². The molecular weight excluding hydrogens is 226 g/mol. The minimum absolute atomic E-state index is 0.329. The highest BCUT2D eigenvalue weighted by molar-refractivity contribution is 8.01. The molecule has 5 heteroatoms. The third-order valence-corrected chi connectivity index (χ3v) is 5.12. The molecule has 2 rings (SSSR count). The first-order valence-corrected chi connectivity index (χ1v) is 7.03. The van der Waals surface area contributed by atoms with E-state index < -0.39 is 0 Å². The summed E-state index contributed by atoms with van der Waals surface area (Å²) in [4.78, 5) is 4.38. The zero-order valence-corrected chi connectivity index (χ0v) is 10.8. The Morgan fingerprint density at radius 2 is 2.27 bits per heavy atom. The van der Waals surface area contributed by atoms with Crippen LogP contribution in [0, 0.1) is 12.8 Å². The van der Waals surface area contributed by atoms with E-state index in [0.717, 1.165) is 22.5 Å². The topological polar surface area (TPSA) is 51.8 Å². The zero-order chi connectivity index (χ0) is 10.8. The first-order chi connectivity index (χ1) is 7.15. The molecule has 0 bridgehead atoms. The molecule has 0 radical (unpaired) electrons. The van der Waals surface area contributed by atoms with Crippen molar-refractivity contribution in [3.8, 4) is 0 Å². The van der Waals surface area contributed by atoms with Crippen molar-refractivity contribution in [3.05, 3.63) is 5.82 Å². The third kappa shape index (κ3) is 2.92. The fourth-order valence-corrected chi connectivity index (χ4v) is 4.20.